The smallest absolute Gasteiger partial charge is 0.237 e. The van der Waals surface area contributed by atoms with Gasteiger partial charge in [0.2, 0.25) is 5.91 Å². The van der Waals surface area contributed by atoms with Crippen LogP contribution < -0.4 is 10.6 Å². The number of carbonyl (C=O) groups is 1. The molecule has 2 heterocycles. The monoisotopic (exact) mass is 239 g/mol. The summed E-state index contributed by atoms with van der Waals surface area (Å²) in [4.78, 5) is 14.3. The summed E-state index contributed by atoms with van der Waals surface area (Å²) in [6.07, 6.45) is 1.27. The third kappa shape index (κ3) is 2.99. The lowest BCUT2D eigenvalue weighted by Crippen LogP contribution is -2.46. The van der Waals surface area contributed by atoms with E-state index in [1.54, 1.807) is 0 Å². The molecule has 98 valence electrons. The molecule has 1 unspecified atom stereocenters. The molecule has 0 spiro atoms. The van der Waals surface area contributed by atoms with E-state index in [0.717, 1.165) is 32.1 Å². The Balaban J connectivity index is 1.80. The SMILES string of the molecule is CC(C)CNC(=O)C(C)N1C[C@@H]2CCN[C@@H]2C1. The van der Waals surface area contributed by atoms with Gasteiger partial charge in [-0.1, -0.05) is 13.8 Å². The first kappa shape index (κ1) is 12.8. The second-order valence-electron chi connectivity index (χ2n) is 5.88. The molecule has 4 nitrogen and oxygen atoms in total. The van der Waals surface area contributed by atoms with Crippen LogP contribution in [-0.4, -0.2) is 49.1 Å². The van der Waals surface area contributed by atoms with Gasteiger partial charge in [-0.15, -0.1) is 0 Å². The van der Waals surface area contributed by atoms with Crippen molar-refractivity contribution in [1.29, 1.82) is 0 Å². The Labute approximate surface area is 104 Å². The zero-order chi connectivity index (χ0) is 12.4. The van der Waals surface area contributed by atoms with Gasteiger partial charge in [0.25, 0.3) is 0 Å². The van der Waals surface area contributed by atoms with Gasteiger partial charge in [0.1, 0.15) is 0 Å². The van der Waals surface area contributed by atoms with Crippen molar-refractivity contribution < 1.29 is 4.79 Å². The summed E-state index contributed by atoms with van der Waals surface area (Å²) in [5.74, 6) is 1.46. The molecule has 2 fully saturated rings. The van der Waals surface area contributed by atoms with Crippen molar-refractivity contribution in [2.24, 2.45) is 11.8 Å². The number of nitrogens with zero attached hydrogens (tertiary/aromatic N) is 1. The Morgan fingerprint density at radius 1 is 1.41 bits per heavy atom. The van der Waals surface area contributed by atoms with Crippen molar-refractivity contribution in [3.05, 3.63) is 0 Å². The minimum absolute atomic E-state index is 0.0150. The van der Waals surface area contributed by atoms with E-state index >= 15 is 0 Å². The Morgan fingerprint density at radius 3 is 2.82 bits per heavy atom. The number of hydrogen-bond acceptors (Lipinski definition) is 3. The molecule has 0 bridgehead atoms. The quantitative estimate of drug-likeness (QED) is 0.748. The molecule has 1 amide bonds. The molecule has 17 heavy (non-hydrogen) atoms. The van der Waals surface area contributed by atoms with Crippen LogP contribution in [0.25, 0.3) is 0 Å². The lowest BCUT2D eigenvalue weighted by Gasteiger charge is -2.24. The molecule has 2 N–H and O–H groups in total. The minimum Gasteiger partial charge on any atom is -0.354 e. The van der Waals surface area contributed by atoms with Crippen LogP contribution in [0.1, 0.15) is 27.2 Å². The molecule has 0 aromatic rings. The normalized spacial score (nSPS) is 30.6. The van der Waals surface area contributed by atoms with Gasteiger partial charge in [-0.2, -0.15) is 0 Å². The van der Waals surface area contributed by atoms with Crippen LogP contribution in [0.5, 0.6) is 0 Å². The number of carbonyl (C=O) groups excluding carboxylic acids is 1. The van der Waals surface area contributed by atoms with Gasteiger partial charge < -0.3 is 10.6 Å². The van der Waals surface area contributed by atoms with Gasteiger partial charge in [-0.3, -0.25) is 9.69 Å². The largest absolute Gasteiger partial charge is 0.354 e. The third-order valence-corrected chi connectivity index (χ3v) is 4.00. The van der Waals surface area contributed by atoms with Crippen LogP contribution in [-0.2, 0) is 4.79 Å². The fourth-order valence-corrected chi connectivity index (χ4v) is 2.82. The third-order valence-electron chi connectivity index (χ3n) is 4.00. The lowest BCUT2D eigenvalue weighted by atomic mass is 10.1. The Hall–Kier alpha value is -0.610. The topological polar surface area (TPSA) is 44.4 Å². The summed E-state index contributed by atoms with van der Waals surface area (Å²) < 4.78 is 0. The summed E-state index contributed by atoms with van der Waals surface area (Å²) in [5.41, 5.74) is 0. The summed E-state index contributed by atoms with van der Waals surface area (Å²) in [5, 5.41) is 6.54. The molecule has 2 aliphatic rings. The number of hydrogen-bond donors (Lipinski definition) is 2. The van der Waals surface area contributed by atoms with Crippen LogP contribution in [0.3, 0.4) is 0 Å². The average molecular weight is 239 g/mol. The predicted molar refractivity (Wildman–Crippen MR) is 68.8 cm³/mol. The zero-order valence-corrected chi connectivity index (χ0v) is 11.2. The van der Waals surface area contributed by atoms with E-state index in [1.807, 2.05) is 6.92 Å². The second-order valence-corrected chi connectivity index (χ2v) is 5.88. The molecule has 4 heteroatoms. The van der Waals surface area contributed by atoms with E-state index in [9.17, 15) is 4.79 Å². The number of amides is 1. The van der Waals surface area contributed by atoms with E-state index in [4.69, 9.17) is 0 Å². The van der Waals surface area contributed by atoms with Gasteiger partial charge in [0.15, 0.2) is 0 Å². The lowest BCUT2D eigenvalue weighted by molar-refractivity contribution is -0.125. The highest BCUT2D eigenvalue weighted by Gasteiger charge is 2.38. The van der Waals surface area contributed by atoms with Crippen molar-refractivity contribution >= 4 is 5.91 Å². The van der Waals surface area contributed by atoms with Crippen LogP contribution in [0.2, 0.25) is 0 Å². The zero-order valence-electron chi connectivity index (χ0n) is 11.2. The van der Waals surface area contributed by atoms with Crippen LogP contribution >= 0.6 is 0 Å². The number of fused-ring (bicyclic) bond motifs is 1. The predicted octanol–water partition coefficient (Wildman–Crippen LogP) is 0.441. The van der Waals surface area contributed by atoms with Gasteiger partial charge >= 0.3 is 0 Å². The summed E-state index contributed by atoms with van der Waals surface area (Å²) >= 11 is 0. The van der Waals surface area contributed by atoms with Crippen LogP contribution in [0.15, 0.2) is 0 Å². The maximum Gasteiger partial charge on any atom is 0.237 e. The van der Waals surface area contributed by atoms with Gasteiger partial charge in [0.05, 0.1) is 6.04 Å². The maximum absolute atomic E-state index is 12.0. The first-order chi connectivity index (χ1) is 8.08. The molecule has 0 radical (unpaired) electrons. The van der Waals surface area contributed by atoms with E-state index in [1.165, 1.54) is 6.42 Å². The van der Waals surface area contributed by atoms with Crippen molar-refractivity contribution in [1.82, 2.24) is 15.5 Å². The average Bonchev–Trinajstić information content (AvgIpc) is 2.84. The van der Waals surface area contributed by atoms with Crippen molar-refractivity contribution in [2.75, 3.05) is 26.2 Å². The number of likely N-dealkylation sites (tertiary alicyclic amines) is 1. The number of rotatable bonds is 4. The molecule has 0 aromatic carbocycles. The highest BCUT2D eigenvalue weighted by Crippen LogP contribution is 2.25. The molecular weight excluding hydrogens is 214 g/mol. The molecule has 2 rings (SSSR count). The van der Waals surface area contributed by atoms with E-state index < -0.39 is 0 Å². The summed E-state index contributed by atoms with van der Waals surface area (Å²) in [7, 11) is 0. The fraction of sp³-hybridized carbons (Fsp3) is 0.923. The van der Waals surface area contributed by atoms with E-state index in [-0.39, 0.29) is 11.9 Å². The molecule has 2 saturated heterocycles. The molecule has 0 aliphatic carbocycles. The van der Waals surface area contributed by atoms with Crippen molar-refractivity contribution in [3.8, 4) is 0 Å². The molecule has 2 aliphatic heterocycles. The Morgan fingerprint density at radius 2 is 2.18 bits per heavy atom. The maximum atomic E-state index is 12.0. The molecular formula is C13H25N3O. The van der Waals surface area contributed by atoms with E-state index in [0.29, 0.717) is 12.0 Å². The van der Waals surface area contributed by atoms with E-state index in [2.05, 4.69) is 29.4 Å². The Bertz CT molecular complexity index is 268. The van der Waals surface area contributed by atoms with Crippen molar-refractivity contribution in [3.63, 3.8) is 0 Å². The Kier molecular flexibility index (Phi) is 4.05. The van der Waals surface area contributed by atoms with Gasteiger partial charge in [-0.05, 0) is 31.7 Å². The number of nitrogens with one attached hydrogen (secondary N) is 2. The van der Waals surface area contributed by atoms with Gasteiger partial charge in [0, 0.05) is 25.7 Å². The highest BCUT2D eigenvalue weighted by molar-refractivity contribution is 5.81. The first-order valence-electron chi connectivity index (χ1n) is 6.83. The fourth-order valence-electron chi connectivity index (χ4n) is 2.82. The van der Waals surface area contributed by atoms with Crippen LogP contribution in [0, 0.1) is 11.8 Å². The molecule has 0 saturated carbocycles. The second kappa shape index (κ2) is 5.36. The van der Waals surface area contributed by atoms with Crippen LogP contribution in [0.4, 0.5) is 0 Å². The first-order valence-corrected chi connectivity index (χ1v) is 6.83. The van der Waals surface area contributed by atoms with Gasteiger partial charge in [-0.25, -0.2) is 0 Å². The standard InChI is InChI=1S/C13H25N3O/c1-9(2)6-15-13(17)10(3)16-7-11-4-5-14-12(11)8-16/h9-12,14H,4-8H2,1-3H3,(H,15,17)/t10?,11-,12+/m0/s1. The van der Waals surface area contributed by atoms with Crippen molar-refractivity contribution in [2.45, 2.75) is 39.3 Å². The molecule has 3 atom stereocenters. The minimum atomic E-state index is 0.0150. The summed E-state index contributed by atoms with van der Waals surface area (Å²) in [6.45, 7) is 10.3. The molecule has 0 aromatic heterocycles. The highest BCUT2D eigenvalue weighted by atomic mass is 16.2. The summed E-state index contributed by atoms with van der Waals surface area (Å²) in [6, 6.07) is 0.636.